The summed E-state index contributed by atoms with van der Waals surface area (Å²) >= 11 is 0. The third kappa shape index (κ3) is 5.64. The topological polar surface area (TPSA) is 35.5 Å². The van der Waals surface area contributed by atoms with E-state index in [2.05, 4.69) is 13.8 Å². The number of rotatable bonds is 8. The van der Waals surface area contributed by atoms with Crippen LogP contribution < -0.4 is 0 Å². The predicted octanol–water partition coefficient (Wildman–Crippen LogP) is 2.49. The van der Waals surface area contributed by atoms with Gasteiger partial charge in [-0.2, -0.15) is 0 Å². The van der Waals surface area contributed by atoms with Crippen molar-refractivity contribution < 1.29 is 14.3 Å². The van der Waals surface area contributed by atoms with Gasteiger partial charge >= 0.3 is 0 Å². The fourth-order valence-electron chi connectivity index (χ4n) is 1.19. The van der Waals surface area contributed by atoms with Crippen molar-refractivity contribution in [2.45, 2.75) is 58.8 Å². The molecule has 0 rings (SSSR count). The first kappa shape index (κ1) is 12.4. The molecule has 0 spiro atoms. The maximum Gasteiger partial charge on any atom is 0.295 e. The number of carbonyl (C=O) groups is 1. The van der Waals surface area contributed by atoms with Crippen molar-refractivity contribution in [2.75, 3.05) is 0 Å². The Bertz CT molecular complexity index is 125. The minimum atomic E-state index is -0.367. The number of carbonyl (C=O) groups excluding carboxylic acids is 1. The molecule has 13 heavy (non-hydrogen) atoms. The van der Waals surface area contributed by atoms with Gasteiger partial charge in [0, 0.05) is 6.42 Å². The fraction of sp³-hybridized carbons (Fsp3) is 0.900. The molecule has 0 aliphatic rings. The van der Waals surface area contributed by atoms with Gasteiger partial charge in [-0.05, 0) is 12.8 Å². The van der Waals surface area contributed by atoms with E-state index in [-0.39, 0.29) is 12.4 Å². The average molecular weight is 188 g/mol. The predicted molar refractivity (Wildman–Crippen MR) is 51.3 cm³/mol. The van der Waals surface area contributed by atoms with Crippen molar-refractivity contribution >= 4 is 6.47 Å². The molecule has 0 radical (unpaired) electrons. The van der Waals surface area contributed by atoms with E-state index in [9.17, 15) is 4.79 Å². The van der Waals surface area contributed by atoms with E-state index in [1.807, 2.05) is 6.92 Å². The molecule has 3 nitrogen and oxygen atoms in total. The van der Waals surface area contributed by atoms with Crippen LogP contribution in [0.2, 0.25) is 0 Å². The Morgan fingerprint density at radius 3 is 2.31 bits per heavy atom. The van der Waals surface area contributed by atoms with Gasteiger partial charge in [-0.1, -0.05) is 27.2 Å². The quantitative estimate of drug-likeness (QED) is 0.433. The maximum atomic E-state index is 10.1. The van der Waals surface area contributed by atoms with Crippen LogP contribution in [0.1, 0.15) is 46.5 Å². The standard InChI is InChI=1S/C10H20O3/c1-4-7-9(5-2)13-10(6-3)12-8-11/h8-10H,4-7H2,1-3H3. The maximum absolute atomic E-state index is 10.1. The van der Waals surface area contributed by atoms with Gasteiger partial charge in [0.15, 0.2) is 0 Å². The van der Waals surface area contributed by atoms with E-state index in [1.54, 1.807) is 0 Å². The van der Waals surface area contributed by atoms with Gasteiger partial charge in [0.1, 0.15) is 0 Å². The van der Waals surface area contributed by atoms with Gasteiger partial charge in [0.05, 0.1) is 6.10 Å². The lowest BCUT2D eigenvalue weighted by Crippen LogP contribution is -2.23. The third-order valence-corrected chi connectivity index (χ3v) is 1.95. The highest BCUT2D eigenvalue weighted by molar-refractivity contribution is 5.37. The summed E-state index contributed by atoms with van der Waals surface area (Å²) in [6.45, 7) is 6.58. The van der Waals surface area contributed by atoms with Crippen LogP contribution in [0.3, 0.4) is 0 Å². The van der Waals surface area contributed by atoms with E-state index in [0.717, 1.165) is 19.3 Å². The van der Waals surface area contributed by atoms with Gasteiger partial charge < -0.3 is 9.47 Å². The second-order valence-corrected chi connectivity index (χ2v) is 3.03. The second-order valence-electron chi connectivity index (χ2n) is 3.03. The van der Waals surface area contributed by atoms with Crippen LogP contribution in [-0.2, 0) is 14.3 Å². The summed E-state index contributed by atoms with van der Waals surface area (Å²) in [4.78, 5) is 10.1. The molecule has 2 atom stereocenters. The lowest BCUT2D eigenvalue weighted by molar-refractivity contribution is -0.178. The van der Waals surface area contributed by atoms with Gasteiger partial charge in [-0.15, -0.1) is 0 Å². The molecule has 0 aliphatic heterocycles. The molecule has 2 unspecified atom stereocenters. The van der Waals surface area contributed by atoms with Crippen LogP contribution in [0, 0.1) is 0 Å². The third-order valence-electron chi connectivity index (χ3n) is 1.95. The molecule has 0 bridgehead atoms. The Kier molecular flexibility index (Phi) is 7.69. The molecule has 0 aliphatic carbocycles. The van der Waals surface area contributed by atoms with Crippen molar-refractivity contribution in [3.8, 4) is 0 Å². The molecule has 0 saturated carbocycles. The molecule has 0 aromatic rings. The highest BCUT2D eigenvalue weighted by Gasteiger charge is 2.13. The van der Waals surface area contributed by atoms with Crippen LogP contribution >= 0.6 is 0 Å². The molecule has 0 aromatic carbocycles. The average Bonchev–Trinajstić information content (AvgIpc) is 2.16. The lowest BCUT2D eigenvalue weighted by Gasteiger charge is -2.21. The molecule has 3 heteroatoms. The molecule has 78 valence electrons. The first-order valence-corrected chi connectivity index (χ1v) is 5.02. The van der Waals surface area contributed by atoms with Crippen LogP contribution in [0.25, 0.3) is 0 Å². The summed E-state index contributed by atoms with van der Waals surface area (Å²) in [7, 11) is 0. The monoisotopic (exact) mass is 188 g/mol. The summed E-state index contributed by atoms with van der Waals surface area (Å²) in [5.74, 6) is 0. The Morgan fingerprint density at radius 2 is 1.92 bits per heavy atom. The summed E-state index contributed by atoms with van der Waals surface area (Å²) in [6.07, 6.45) is 3.64. The molecule has 0 fully saturated rings. The number of hydrogen-bond acceptors (Lipinski definition) is 3. The Morgan fingerprint density at radius 1 is 1.23 bits per heavy atom. The zero-order valence-corrected chi connectivity index (χ0v) is 8.79. The van der Waals surface area contributed by atoms with Crippen LogP contribution in [0.5, 0.6) is 0 Å². The van der Waals surface area contributed by atoms with Crippen molar-refractivity contribution in [3.05, 3.63) is 0 Å². The Hall–Kier alpha value is -0.570. The van der Waals surface area contributed by atoms with E-state index in [0.29, 0.717) is 12.9 Å². The Balaban J connectivity index is 3.79. The first-order valence-electron chi connectivity index (χ1n) is 5.02. The number of hydrogen-bond donors (Lipinski definition) is 0. The molecular weight excluding hydrogens is 168 g/mol. The van der Waals surface area contributed by atoms with Gasteiger partial charge in [-0.3, -0.25) is 4.79 Å². The largest absolute Gasteiger partial charge is 0.438 e. The molecule has 0 aromatic heterocycles. The highest BCUT2D eigenvalue weighted by Crippen LogP contribution is 2.11. The summed E-state index contributed by atoms with van der Waals surface area (Å²) in [5, 5.41) is 0. The number of ether oxygens (including phenoxy) is 2. The Labute approximate surface area is 80.4 Å². The van der Waals surface area contributed by atoms with Crippen molar-refractivity contribution in [1.82, 2.24) is 0 Å². The lowest BCUT2D eigenvalue weighted by atomic mass is 10.1. The first-order chi connectivity index (χ1) is 6.28. The summed E-state index contributed by atoms with van der Waals surface area (Å²) < 4.78 is 10.3. The minimum Gasteiger partial charge on any atom is -0.438 e. The van der Waals surface area contributed by atoms with Crippen molar-refractivity contribution in [1.29, 1.82) is 0 Å². The normalized spacial score (nSPS) is 15.0. The van der Waals surface area contributed by atoms with E-state index < -0.39 is 0 Å². The van der Waals surface area contributed by atoms with Crippen molar-refractivity contribution in [2.24, 2.45) is 0 Å². The molecule has 0 N–H and O–H groups in total. The molecule has 0 heterocycles. The molecule has 0 saturated heterocycles. The zero-order valence-electron chi connectivity index (χ0n) is 8.79. The van der Waals surface area contributed by atoms with Gasteiger partial charge in [-0.25, -0.2) is 0 Å². The molecular formula is C10H20O3. The van der Waals surface area contributed by atoms with Crippen LogP contribution in [0.4, 0.5) is 0 Å². The van der Waals surface area contributed by atoms with E-state index >= 15 is 0 Å². The zero-order chi connectivity index (χ0) is 10.1. The van der Waals surface area contributed by atoms with Crippen molar-refractivity contribution in [3.63, 3.8) is 0 Å². The highest BCUT2D eigenvalue weighted by atomic mass is 16.7. The van der Waals surface area contributed by atoms with Crippen LogP contribution in [0.15, 0.2) is 0 Å². The van der Waals surface area contributed by atoms with E-state index in [1.165, 1.54) is 0 Å². The molecule has 0 amide bonds. The summed E-state index contributed by atoms with van der Waals surface area (Å²) in [6, 6.07) is 0. The van der Waals surface area contributed by atoms with Gasteiger partial charge in [0.25, 0.3) is 6.47 Å². The minimum absolute atomic E-state index is 0.217. The van der Waals surface area contributed by atoms with Gasteiger partial charge in [0.2, 0.25) is 6.29 Å². The second kappa shape index (κ2) is 8.05. The fourth-order valence-corrected chi connectivity index (χ4v) is 1.19. The summed E-state index contributed by atoms with van der Waals surface area (Å²) in [5.41, 5.74) is 0. The SMILES string of the molecule is CCCC(CC)OC(CC)OC=O. The van der Waals surface area contributed by atoms with E-state index in [4.69, 9.17) is 9.47 Å². The van der Waals surface area contributed by atoms with Crippen LogP contribution in [-0.4, -0.2) is 18.9 Å². The smallest absolute Gasteiger partial charge is 0.295 e.